The monoisotopic (exact) mass is 302 g/mol. The molecule has 0 fully saturated rings. The summed E-state index contributed by atoms with van der Waals surface area (Å²) in [4.78, 5) is 36.0. The van der Waals surface area contributed by atoms with E-state index in [0.29, 0.717) is 11.4 Å². The van der Waals surface area contributed by atoms with E-state index in [0.717, 1.165) is 5.56 Å². The van der Waals surface area contributed by atoms with Crippen LogP contribution >= 0.6 is 0 Å². The van der Waals surface area contributed by atoms with Crippen LogP contribution in [0.1, 0.15) is 18.9 Å². The summed E-state index contributed by atoms with van der Waals surface area (Å²) in [5.74, 6) is -2.17. The Kier molecular flexibility index (Phi) is 4.60. The van der Waals surface area contributed by atoms with Gasteiger partial charge in [0.2, 0.25) is 11.8 Å². The highest BCUT2D eigenvalue weighted by Crippen LogP contribution is 2.25. The molecule has 1 heterocycles. The molecule has 6 nitrogen and oxygen atoms in total. The SMILES string of the molecule is COC(=O)C1=C(C)NC(=O)CC1C(=O)Nc1ccc(C)cc1. The Morgan fingerprint density at radius 3 is 2.45 bits per heavy atom. The lowest BCUT2D eigenvalue weighted by atomic mass is 9.89. The Hall–Kier alpha value is -2.63. The molecule has 2 N–H and O–H groups in total. The van der Waals surface area contributed by atoms with Crippen molar-refractivity contribution in [2.24, 2.45) is 5.92 Å². The van der Waals surface area contributed by atoms with E-state index < -0.39 is 17.8 Å². The minimum absolute atomic E-state index is 0.0839. The minimum Gasteiger partial charge on any atom is -0.466 e. The number of carbonyl (C=O) groups is 3. The largest absolute Gasteiger partial charge is 0.466 e. The van der Waals surface area contributed by atoms with Gasteiger partial charge in [-0.2, -0.15) is 0 Å². The van der Waals surface area contributed by atoms with Crippen molar-refractivity contribution in [2.75, 3.05) is 12.4 Å². The Morgan fingerprint density at radius 2 is 1.86 bits per heavy atom. The summed E-state index contributed by atoms with van der Waals surface area (Å²) in [5, 5.41) is 5.29. The third kappa shape index (κ3) is 3.33. The van der Waals surface area contributed by atoms with Crippen molar-refractivity contribution in [3.63, 3.8) is 0 Å². The van der Waals surface area contributed by atoms with Gasteiger partial charge in [-0.25, -0.2) is 4.79 Å². The molecular formula is C16H18N2O4. The molecule has 116 valence electrons. The number of aryl methyl sites for hydroxylation is 1. The first-order valence-corrected chi connectivity index (χ1v) is 6.89. The number of allylic oxidation sites excluding steroid dienone is 1. The van der Waals surface area contributed by atoms with Crippen LogP contribution in [0.25, 0.3) is 0 Å². The number of rotatable bonds is 3. The summed E-state index contributed by atoms with van der Waals surface area (Å²) in [6.45, 7) is 3.52. The summed E-state index contributed by atoms with van der Waals surface area (Å²) >= 11 is 0. The number of ether oxygens (including phenoxy) is 1. The minimum atomic E-state index is -0.859. The number of hydrogen-bond donors (Lipinski definition) is 2. The van der Waals surface area contributed by atoms with Crippen LogP contribution in [0.2, 0.25) is 0 Å². The highest BCUT2D eigenvalue weighted by Gasteiger charge is 2.36. The Balaban J connectivity index is 2.25. The lowest BCUT2D eigenvalue weighted by molar-refractivity contribution is -0.139. The molecule has 1 atom stereocenters. The number of methoxy groups -OCH3 is 1. The fourth-order valence-electron chi connectivity index (χ4n) is 2.37. The smallest absolute Gasteiger partial charge is 0.336 e. The summed E-state index contributed by atoms with van der Waals surface area (Å²) in [6, 6.07) is 7.27. The Bertz CT molecular complexity index is 647. The van der Waals surface area contributed by atoms with E-state index in [1.807, 2.05) is 19.1 Å². The topological polar surface area (TPSA) is 84.5 Å². The molecule has 0 saturated heterocycles. The van der Waals surface area contributed by atoms with Crippen molar-refractivity contribution in [2.45, 2.75) is 20.3 Å². The van der Waals surface area contributed by atoms with Crippen LogP contribution in [0.15, 0.2) is 35.5 Å². The number of amides is 2. The second kappa shape index (κ2) is 6.43. The maximum atomic E-state index is 12.4. The van der Waals surface area contributed by atoms with Crippen molar-refractivity contribution in [1.82, 2.24) is 5.32 Å². The predicted octanol–water partition coefficient (Wildman–Crippen LogP) is 1.52. The van der Waals surface area contributed by atoms with E-state index in [1.54, 1.807) is 19.1 Å². The van der Waals surface area contributed by atoms with Gasteiger partial charge in [0, 0.05) is 17.8 Å². The number of esters is 1. The van der Waals surface area contributed by atoms with Gasteiger partial charge >= 0.3 is 5.97 Å². The Labute approximate surface area is 128 Å². The van der Waals surface area contributed by atoms with Gasteiger partial charge in [0.25, 0.3) is 0 Å². The van der Waals surface area contributed by atoms with Crippen LogP contribution in [-0.2, 0) is 19.1 Å². The molecule has 0 saturated carbocycles. The molecule has 1 aliphatic rings. The van der Waals surface area contributed by atoms with Gasteiger partial charge < -0.3 is 15.4 Å². The molecule has 0 aliphatic carbocycles. The number of anilines is 1. The van der Waals surface area contributed by atoms with E-state index in [1.165, 1.54) is 7.11 Å². The number of carbonyl (C=O) groups excluding carboxylic acids is 3. The molecule has 0 spiro atoms. The van der Waals surface area contributed by atoms with E-state index >= 15 is 0 Å². The lowest BCUT2D eigenvalue weighted by Crippen LogP contribution is -2.40. The zero-order valence-electron chi connectivity index (χ0n) is 12.7. The van der Waals surface area contributed by atoms with Crippen LogP contribution in [0.5, 0.6) is 0 Å². The van der Waals surface area contributed by atoms with Crippen molar-refractivity contribution in [1.29, 1.82) is 0 Å². The van der Waals surface area contributed by atoms with Gasteiger partial charge in [-0.3, -0.25) is 9.59 Å². The lowest BCUT2D eigenvalue weighted by Gasteiger charge is -2.25. The fraction of sp³-hybridized carbons (Fsp3) is 0.312. The van der Waals surface area contributed by atoms with Crippen molar-refractivity contribution in [3.8, 4) is 0 Å². The summed E-state index contributed by atoms with van der Waals surface area (Å²) < 4.78 is 4.71. The average molecular weight is 302 g/mol. The first-order valence-electron chi connectivity index (χ1n) is 6.89. The van der Waals surface area contributed by atoms with E-state index in [2.05, 4.69) is 10.6 Å². The molecular weight excluding hydrogens is 284 g/mol. The molecule has 0 radical (unpaired) electrons. The summed E-state index contributed by atoms with van der Waals surface area (Å²) in [6.07, 6.45) is -0.0839. The van der Waals surface area contributed by atoms with Crippen LogP contribution in [0.3, 0.4) is 0 Å². The van der Waals surface area contributed by atoms with Crippen molar-refractivity contribution in [3.05, 3.63) is 41.1 Å². The van der Waals surface area contributed by atoms with E-state index in [4.69, 9.17) is 4.74 Å². The molecule has 1 aromatic rings. The maximum absolute atomic E-state index is 12.4. The van der Waals surface area contributed by atoms with Gasteiger partial charge in [0.1, 0.15) is 0 Å². The second-order valence-corrected chi connectivity index (χ2v) is 5.19. The predicted molar refractivity (Wildman–Crippen MR) is 80.8 cm³/mol. The standard InChI is InChI=1S/C16H18N2O4/c1-9-4-6-11(7-5-9)18-15(20)12-8-13(19)17-10(2)14(12)16(21)22-3/h4-7,12H,8H2,1-3H3,(H,17,19)(H,18,20). The maximum Gasteiger partial charge on any atom is 0.336 e. The summed E-state index contributed by atoms with van der Waals surface area (Å²) in [5.41, 5.74) is 2.23. The van der Waals surface area contributed by atoms with Gasteiger partial charge in [-0.05, 0) is 26.0 Å². The van der Waals surface area contributed by atoms with Gasteiger partial charge in [-0.1, -0.05) is 17.7 Å². The zero-order valence-corrected chi connectivity index (χ0v) is 12.7. The average Bonchev–Trinajstić information content (AvgIpc) is 2.48. The van der Waals surface area contributed by atoms with Crippen molar-refractivity contribution >= 4 is 23.5 Å². The van der Waals surface area contributed by atoms with Crippen LogP contribution < -0.4 is 10.6 Å². The number of benzene rings is 1. The molecule has 0 bridgehead atoms. The first-order chi connectivity index (χ1) is 10.4. The molecule has 6 heteroatoms. The van der Waals surface area contributed by atoms with Gasteiger partial charge in [0.15, 0.2) is 0 Å². The Morgan fingerprint density at radius 1 is 1.23 bits per heavy atom. The molecule has 2 amide bonds. The molecule has 0 aromatic heterocycles. The molecule has 1 aliphatic heterocycles. The highest BCUT2D eigenvalue weighted by molar-refractivity contribution is 6.06. The number of hydrogen-bond acceptors (Lipinski definition) is 4. The molecule has 2 rings (SSSR count). The van der Waals surface area contributed by atoms with Crippen LogP contribution in [0.4, 0.5) is 5.69 Å². The third-order valence-electron chi connectivity index (χ3n) is 3.51. The van der Waals surface area contributed by atoms with Crippen LogP contribution in [-0.4, -0.2) is 24.9 Å². The molecule has 1 unspecified atom stereocenters. The first kappa shape index (κ1) is 15.8. The molecule has 1 aromatic carbocycles. The fourth-order valence-corrected chi connectivity index (χ4v) is 2.37. The van der Waals surface area contributed by atoms with Gasteiger partial charge in [-0.15, -0.1) is 0 Å². The van der Waals surface area contributed by atoms with E-state index in [-0.39, 0.29) is 17.9 Å². The number of nitrogens with one attached hydrogen (secondary N) is 2. The van der Waals surface area contributed by atoms with Crippen LogP contribution in [0, 0.1) is 12.8 Å². The zero-order chi connectivity index (χ0) is 16.3. The van der Waals surface area contributed by atoms with Gasteiger partial charge in [0.05, 0.1) is 18.6 Å². The second-order valence-electron chi connectivity index (χ2n) is 5.19. The normalized spacial score (nSPS) is 17.8. The van der Waals surface area contributed by atoms with Crippen molar-refractivity contribution < 1.29 is 19.1 Å². The quantitative estimate of drug-likeness (QED) is 0.829. The third-order valence-corrected chi connectivity index (χ3v) is 3.51. The molecule has 22 heavy (non-hydrogen) atoms. The van der Waals surface area contributed by atoms with E-state index in [9.17, 15) is 14.4 Å². The highest BCUT2D eigenvalue weighted by atomic mass is 16.5. The summed E-state index contributed by atoms with van der Waals surface area (Å²) in [7, 11) is 1.24.